The van der Waals surface area contributed by atoms with Crippen molar-refractivity contribution in [2.24, 2.45) is 14.1 Å². The van der Waals surface area contributed by atoms with E-state index in [1.54, 1.807) is 35.9 Å². The third-order valence-electron chi connectivity index (χ3n) is 5.94. The third kappa shape index (κ3) is 4.54. The molecule has 1 atom stereocenters. The Morgan fingerprint density at radius 2 is 1.84 bits per heavy atom. The number of rotatable bonds is 7. The lowest BCUT2D eigenvalue weighted by atomic mass is 9.96. The van der Waals surface area contributed by atoms with Crippen molar-refractivity contribution in [1.82, 2.24) is 18.7 Å². The zero-order valence-corrected chi connectivity index (χ0v) is 19.0. The van der Waals surface area contributed by atoms with Gasteiger partial charge in [-0.2, -0.15) is 4.98 Å². The summed E-state index contributed by atoms with van der Waals surface area (Å²) >= 11 is 5.90. The van der Waals surface area contributed by atoms with Crippen molar-refractivity contribution in [3.63, 3.8) is 0 Å². The molecule has 1 saturated carbocycles. The van der Waals surface area contributed by atoms with E-state index in [4.69, 9.17) is 16.3 Å². The fraction of sp³-hybridized carbons (Fsp3) is 0.500. The SMILES string of the molecule is Cn1c(=O)c2c(nc(NC3CCCCC3)n2C[C@@H](O)COc2ccc(Cl)cc2)n(C)c1=O. The fourth-order valence-electron chi connectivity index (χ4n) is 4.15. The van der Waals surface area contributed by atoms with Crippen molar-refractivity contribution in [3.8, 4) is 5.75 Å². The van der Waals surface area contributed by atoms with E-state index in [1.165, 1.54) is 18.0 Å². The van der Waals surface area contributed by atoms with Gasteiger partial charge in [0.1, 0.15) is 18.5 Å². The molecule has 1 fully saturated rings. The summed E-state index contributed by atoms with van der Waals surface area (Å²) in [5.74, 6) is 1.07. The van der Waals surface area contributed by atoms with Crippen LogP contribution >= 0.6 is 11.6 Å². The summed E-state index contributed by atoms with van der Waals surface area (Å²) in [6, 6.07) is 7.11. The molecule has 32 heavy (non-hydrogen) atoms. The summed E-state index contributed by atoms with van der Waals surface area (Å²) in [5.41, 5.74) is -0.318. The van der Waals surface area contributed by atoms with Gasteiger partial charge in [0, 0.05) is 25.2 Å². The van der Waals surface area contributed by atoms with Gasteiger partial charge in [0.2, 0.25) is 5.95 Å². The van der Waals surface area contributed by atoms with Gasteiger partial charge in [0.25, 0.3) is 5.56 Å². The number of aromatic nitrogens is 4. The summed E-state index contributed by atoms with van der Waals surface area (Å²) in [6.45, 7) is 0.114. The van der Waals surface area contributed by atoms with Crippen LogP contribution in [-0.2, 0) is 20.6 Å². The number of halogens is 1. The van der Waals surface area contributed by atoms with Crippen LogP contribution in [0.5, 0.6) is 5.75 Å². The first-order valence-corrected chi connectivity index (χ1v) is 11.2. The maximum Gasteiger partial charge on any atom is 0.332 e. The van der Waals surface area contributed by atoms with E-state index >= 15 is 0 Å². The van der Waals surface area contributed by atoms with E-state index in [2.05, 4.69) is 10.3 Å². The Kier molecular flexibility index (Phi) is 6.57. The number of anilines is 1. The molecule has 0 unspecified atom stereocenters. The second kappa shape index (κ2) is 9.38. The summed E-state index contributed by atoms with van der Waals surface area (Å²) in [5, 5.41) is 14.7. The molecular weight excluding hydrogens is 434 g/mol. The lowest BCUT2D eigenvalue weighted by molar-refractivity contribution is 0.0937. The van der Waals surface area contributed by atoms with Gasteiger partial charge in [-0.3, -0.25) is 13.9 Å². The third-order valence-corrected chi connectivity index (χ3v) is 6.19. The van der Waals surface area contributed by atoms with E-state index in [1.807, 2.05) is 0 Å². The maximum absolute atomic E-state index is 13.0. The first kappa shape index (κ1) is 22.4. The predicted molar refractivity (Wildman–Crippen MR) is 124 cm³/mol. The lowest BCUT2D eigenvalue weighted by Gasteiger charge is -2.24. The van der Waals surface area contributed by atoms with Gasteiger partial charge in [0.05, 0.1) is 6.54 Å². The molecule has 1 aliphatic rings. The van der Waals surface area contributed by atoms with E-state index < -0.39 is 17.4 Å². The Morgan fingerprint density at radius 3 is 2.53 bits per heavy atom. The lowest BCUT2D eigenvalue weighted by Crippen LogP contribution is -2.38. The number of hydrogen-bond donors (Lipinski definition) is 2. The van der Waals surface area contributed by atoms with Crippen molar-refractivity contribution in [2.75, 3.05) is 11.9 Å². The van der Waals surface area contributed by atoms with Crippen molar-refractivity contribution in [2.45, 2.75) is 50.8 Å². The highest BCUT2D eigenvalue weighted by molar-refractivity contribution is 6.30. The standard InChI is InChI=1S/C22H28ClN5O4/c1-26-19-18(20(30)27(2)22(26)31)28(21(25-19)24-15-6-4-3-5-7-15)12-16(29)13-32-17-10-8-14(23)9-11-17/h8-11,15-16,29H,3-7,12-13H2,1-2H3,(H,24,25)/t16-/m1/s1. The van der Waals surface area contributed by atoms with Crippen LogP contribution in [0.15, 0.2) is 33.9 Å². The number of ether oxygens (including phenoxy) is 1. The van der Waals surface area contributed by atoms with Crippen LogP contribution in [0.4, 0.5) is 5.95 Å². The van der Waals surface area contributed by atoms with Crippen molar-refractivity contribution in [3.05, 3.63) is 50.1 Å². The average molecular weight is 462 g/mol. The molecule has 172 valence electrons. The normalized spacial score (nSPS) is 15.8. The molecule has 9 nitrogen and oxygen atoms in total. The van der Waals surface area contributed by atoms with Gasteiger partial charge in [-0.1, -0.05) is 30.9 Å². The van der Waals surface area contributed by atoms with E-state index in [9.17, 15) is 14.7 Å². The van der Waals surface area contributed by atoms with Gasteiger partial charge in [-0.05, 0) is 37.1 Å². The van der Waals surface area contributed by atoms with E-state index in [0.717, 1.165) is 30.3 Å². The Balaban J connectivity index is 1.65. The molecule has 10 heteroatoms. The fourth-order valence-corrected chi connectivity index (χ4v) is 4.28. The highest BCUT2D eigenvalue weighted by Gasteiger charge is 2.23. The zero-order chi connectivity index (χ0) is 22.8. The molecular formula is C22H28ClN5O4. The first-order valence-electron chi connectivity index (χ1n) is 10.8. The second-order valence-electron chi connectivity index (χ2n) is 8.32. The average Bonchev–Trinajstić information content (AvgIpc) is 3.14. The number of fused-ring (bicyclic) bond motifs is 1. The maximum atomic E-state index is 13.0. The van der Waals surface area contributed by atoms with Gasteiger partial charge < -0.3 is 19.7 Å². The summed E-state index contributed by atoms with van der Waals surface area (Å²) in [6.07, 6.45) is 4.61. The Morgan fingerprint density at radius 1 is 1.16 bits per heavy atom. The molecule has 4 rings (SSSR count). The molecule has 2 N–H and O–H groups in total. The molecule has 1 aromatic carbocycles. The second-order valence-corrected chi connectivity index (χ2v) is 8.76. The van der Waals surface area contributed by atoms with Crippen LogP contribution in [0.3, 0.4) is 0 Å². The van der Waals surface area contributed by atoms with Gasteiger partial charge in [-0.15, -0.1) is 0 Å². The minimum atomic E-state index is -0.906. The van der Waals surface area contributed by atoms with Crippen molar-refractivity contribution < 1.29 is 9.84 Å². The molecule has 1 aliphatic carbocycles. The van der Waals surface area contributed by atoms with Crippen LogP contribution in [0.1, 0.15) is 32.1 Å². The summed E-state index contributed by atoms with van der Waals surface area (Å²) in [7, 11) is 3.03. The van der Waals surface area contributed by atoms with Crippen molar-refractivity contribution in [1.29, 1.82) is 0 Å². The Labute approximate surface area is 190 Å². The topological polar surface area (TPSA) is 103 Å². The molecule has 0 radical (unpaired) electrons. The van der Waals surface area contributed by atoms with Gasteiger partial charge in [0.15, 0.2) is 11.2 Å². The molecule has 3 aromatic rings. The number of nitrogens with zero attached hydrogens (tertiary/aromatic N) is 4. The molecule has 2 heterocycles. The van der Waals surface area contributed by atoms with Crippen LogP contribution in [0, 0.1) is 0 Å². The largest absolute Gasteiger partial charge is 0.491 e. The number of imidazole rings is 1. The minimum absolute atomic E-state index is 0.0241. The number of benzene rings is 1. The smallest absolute Gasteiger partial charge is 0.332 e. The van der Waals surface area contributed by atoms with E-state index in [-0.39, 0.29) is 24.7 Å². The van der Waals surface area contributed by atoms with Crippen LogP contribution in [0.25, 0.3) is 11.2 Å². The molecule has 0 spiro atoms. The molecule has 0 saturated heterocycles. The van der Waals surface area contributed by atoms with Gasteiger partial charge >= 0.3 is 5.69 Å². The highest BCUT2D eigenvalue weighted by atomic mass is 35.5. The minimum Gasteiger partial charge on any atom is -0.491 e. The Bertz CT molecular complexity index is 1210. The number of hydrogen-bond acceptors (Lipinski definition) is 6. The highest BCUT2D eigenvalue weighted by Crippen LogP contribution is 2.24. The zero-order valence-electron chi connectivity index (χ0n) is 18.3. The van der Waals surface area contributed by atoms with Crippen LogP contribution < -0.4 is 21.3 Å². The molecule has 2 aromatic heterocycles. The number of aliphatic hydroxyl groups is 1. The molecule has 0 amide bonds. The number of nitrogens with one attached hydrogen (secondary N) is 1. The molecule has 0 aliphatic heterocycles. The quantitative estimate of drug-likeness (QED) is 0.559. The van der Waals surface area contributed by atoms with Crippen LogP contribution in [-0.4, -0.2) is 42.5 Å². The number of aliphatic hydroxyl groups excluding tert-OH is 1. The summed E-state index contributed by atoms with van der Waals surface area (Å²) < 4.78 is 9.75. The van der Waals surface area contributed by atoms with Crippen LogP contribution in [0.2, 0.25) is 5.02 Å². The van der Waals surface area contributed by atoms with Gasteiger partial charge in [-0.25, -0.2) is 4.79 Å². The monoisotopic (exact) mass is 461 g/mol. The van der Waals surface area contributed by atoms with Crippen molar-refractivity contribution >= 4 is 28.7 Å². The number of aryl methyl sites for hydroxylation is 1. The first-order chi connectivity index (χ1) is 15.3. The molecule has 0 bridgehead atoms. The predicted octanol–water partition coefficient (Wildman–Crippen LogP) is 2.27. The Hall–Kier alpha value is -2.78. The van der Waals surface area contributed by atoms with E-state index in [0.29, 0.717) is 22.4 Å². The summed E-state index contributed by atoms with van der Waals surface area (Å²) in [4.78, 5) is 29.9.